The fourth-order valence-corrected chi connectivity index (χ4v) is 8.07. The molecule has 27 heavy (non-hydrogen) atoms. The van der Waals surface area contributed by atoms with Crippen LogP contribution in [0.4, 0.5) is 4.79 Å². The van der Waals surface area contributed by atoms with Gasteiger partial charge in [0.15, 0.2) is 0 Å². The highest BCUT2D eigenvalue weighted by Crippen LogP contribution is 2.73. The Morgan fingerprint density at radius 1 is 1.11 bits per heavy atom. The second kappa shape index (κ2) is 5.71. The van der Waals surface area contributed by atoms with Crippen LogP contribution < -0.4 is 16.3 Å². The van der Waals surface area contributed by atoms with Gasteiger partial charge in [-0.25, -0.2) is 10.2 Å². The van der Waals surface area contributed by atoms with Crippen molar-refractivity contribution in [3.8, 4) is 0 Å². The third kappa shape index (κ3) is 2.47. The van der Waals surface area contributed by atoms with E-state index >= 15 is 0 Å². The fraction of sp³-hybridized carbons (Fsp3) is 0.857. The third-order valence-corrected chi connectivity index (χ3v) is 9.15. The molecule has 4 fully saturated rings. The minimum Gasteiger partial charge on any atom is -0.550 e. The van der Waals surface area contributed by atoms with Crippen molar-refractivity contribution in [2.45, 2.75) is 78.6 Å². The van der Waals surface area contributed by atoms with Gasteiger partial charge in [0.25, 0.3) is 0 Å². The Balaban J connectivity index is 1.70. The minimum atomic E-state index is -0.866. The van der Waals surface area contributed by atoms with Crippen LogP contribution in [0.3, 0.4) is 0 Å². The van der Waals surface area contributed by atoms with Crippen molar-refractivity contribution in [3.05, 3.63) is 0 Å². The Bertz CT molecular complexity index is 721. The van der Waals surface area contributed by atoms with Crippen LogP contribution in [0.15, 0.2) is 5.10 Å². The zero-order valence-electron chi connectivity index (χ0n) is 16.8. The van der Waals surface area contributed by atoms with E-state index in [0.29, 0.717) is 5.92 Å². The number of hydrogen-bond acceptors (Lipinski definition) is 4. The van der Waals surface area contributed by atoms with Crippen LogP contribution >= 0.6 is 0 Å². The molecule has 0 aliphatic heterocycles. The molecule has 4 aliphatic carbocycles. The first-order valence-electron chi connectivity index (χ1n) is 10.4. The molecule has 3 N–H and O–H groups in total. The predicted octanol–water partition coefficient (Wildman–Crippen LogP) is 2.56. The smallest absolute Gasteiger partial charge is 0.332 e. The summed E-state index contributed by atoms with van der Waals surface area (Å²) in [4.78, 5) is 23.2. The number of hydrazone groups is 1. The van der Waals surface area contributed by atoms with Crippen molar-refractivity contribution in [3.63, 3.8) is 0 Å². The van der Waals surface area contributed by atoms with Crippen molar-refractivity contribution in [2.24, 2.45) is 44.3 Å². The maximum absolute atomic E-state index is 12.1. The van der Waals surface area contributed by atoms with Gasteiger partial charge >= 0.3 is 6.03 Å². The number of rotatable bonds is 2. The van der Waals surface area contributed by atoms with E-state index in [0.717, 1.165) is 63.5 Å². The normalized spacial score (nSPS) is 50.0. The second-order valence-corrected chi connectivity index (χ2v) is 10.6. The molecule has 4 saturated carbocycles. The average molecular weight is 375 g/mol. The molecule has 0 aromatic rings. The van der Waals surface area contributed by atoms with Gasteiger partial charge in [0.2, 0.25) is 0 Å². The summed E-state index contributed by atoms with van der Waals surface area (Å²) in [6, 6.07) is -0.616. The van der Waals surface area contributed by atoms with Crippen molar-refractivity contribution in [1.29, 1.82) is 0 Å². The number of nitrogens with one attached hydrogen (secondary N) is 1. The maximum Gasteiger partial charge on any atom is 0.332 e. The lowest BCUT2D eigenvalue weighted by Gasteiger charge is -2.64. The Morgan fingerprint density at radius 2 is 1.81 bits per heavy atom. The Hall–Kier alpha value is -1.59. The molecule has 2 bridgehead atoms. The fourth-order valence-electron chi connectivity index (χ4n) is 8.07. The highest BCUT2D eigenvalue weighted by molar-refractivity contribution is 5.94. The highest BCUT2D eigenvalue weighted by atomic mass is 16.4. The zero-order valence-corrected chi connectivity index (χ0v) is 16.8. The molecule has 4 aliphatic rings. The van der Waals surface area contributed by atoms with Gasteiger partial charge in [0.1, 0.15) is 0 Å². The zero-order chi connectivity index (χ0) is 19.7. The van der Waals surface area contributed by atoms with Crippen LogP contribution in [-0.2, 0) is 4.79 Å². The lowest BCUT2D eigenvalue weighted by Crippen LogP contribution is -2.60. The molecule has 6 atom stereocenters. The molecular weight excluding hydrogens is 342 g/mol. The topological polar surface area (TPSA) is 108 Å². The first-order chi connectivity index (χ1) is 12.6. The Kier molecular flexibility index (Phi) is 3.97. The molecule has 150 valence electrons. The van der Waals surface area contributed by atoms with E-state index < -0.39 is 17.4 Å². The minimum absolute atomic E-state index is 0.0223. The van der Waals surface area contributed by atoms with Gasteiger partial charge in [-0.3, -0.25) is 0 Å². The number of carboxylic acids is 1. The number of hydrogen-bond donors (Lipinski definition) is 2. The predicted molar refractivity (Wildman–Crippen MR) is 100 cm³/mol. The summed E-state index contributed by atoms with van der Waals surface area (Å²) in [6.45, 7) is 6.54. The summed E-state index contributed by atoms with van der Waals surface area (Å²) >= 11 is 0. The quantitative estimate of drug-likeness (QED) is 0.725. The number of carbonyl (C=O) groups is 2. The van der Waals surface area contributed by atoms with Crippen LogP contribution in [0.25, 0.3) is 0 Å². The number of urea groups is 1. The molecule has 6 nitrogen and oxygen atoms in total. The largest absolute Gasteiger partial charge is 0.550 e. The van der Waals surface area contributed by atoms with Crippen LogP contribution in [-0.4, -0.2) is 17.7 Å². The number of aliphatic carboxylic acids is 1. The molecule has 1 spiro atoms. The molecule has 0 unspecified atom stereocenters. The number of amides is 2. The Labute approximate surface area is 161 Å². The number of nitrogens with two attached hydrogens (primary N) is 1. The van der Waals surface area contributed by atoms with E-state index in [-0.39, 0.29) is 22.2 Å². The number of carbonyl (C=O) groups excluding carboxylic acids is 2. The van der Waals surface area contributed by atoms with Gasteiger partial charge in [-0.15, -0.1) is 0 Å². The molecule has 2 amide bonds. The SMILES string of the molecule is C[C@@]12CC[C@@H]3[C@@](CC[C@H]4[C@@]3(C)CCC[C@@]4(C)C(=O)[O-])(C/C1=N\NC(N)=O)C2. The molecule has 0 radical (unpaired) electrons. The lowest BCUT2D eigenvalue weighted by molar-refractivity contribution is -0.328. The number of fused-ring (bicyclic) bond motifs is 3. The molecule has 6 heteroatoms. The van der Waals surface area contributed by atoms with E-state index in [1.165, 1.54) is 0 Å². The molecule has 0 saturated heterocycles. The van der Waals surface area contributed by atoms with Crippen LogP contribution in [0, 0.1) is 33.5 Å². The van der Waals surface area contributed by atoms with Crippen molar-refractivity contribution < 1.29 is 14.7 Å². The summed E-state index contributed by atoms with van der Waals surface area (Å²) in [5.74, 6) is -0.167. The number of carboxylic acid groups (broad SMARTS) is 1. The molecule has 0 heterocycles. The van der Waals surface area contributed by atoms with Gasteiger partial charge in [0.05, 0.1) is 0 Å². The van der Waals surface area contributed by atoms with Crippen molar-refractivity contribution in [2.75, 3.05) is 0 Å². The summed E-state index contributed by atoms with van der Waals surface area (Å²) in [6.07, 6.45) is 8.96. The van der Waals surface area contributed by atoms with E-state index in [1.807, 2.05) is 6.92 Å². The van der Waals surface area contributed by atoms with Gasteiger partial charge in [0, 0.05) is 22.5 Å². The van der Waals surface area contributed by atoms with Crippen molar-refractivity contribution in [1.82, 2.24) is 5.43 Å². The molecule has 0 aromatic heterocycles. The Morgan fingerprint density at radius 3 is 2.48 bits per heavy atom. The van der Waals surface area contributed by atoms with E-state index in [9.17, 15) is 14.7 Å². The first-order valence-corrected chi connectivity index (χ1v) is 10.4. The highest BCUT2D eigenvalue weighted by Gasteiger charge is 2.66. The maximum atomic E-state index is 12.1. The summed E-state index contributed by atoms with van der Waals surface area (Å²) in [5, 5.41) is 16.5. The van der Waals surface area contributed by atoms with E-state index in [2.05, 4.69) is 24.4 Å². The van der Waals surface area contributed by atoms with Gasteiger partial charge in [-0.05, 0) is 74.0 Å². The second-order valence-electron chi connectivity index (χ2n) is 10.6. The van der Waals surface area contributed by atoms with Crippen LogP contribution in [0.1, 0.15) is 78.6 Å². The standard InChI is InChI=1S/C21H33N3O3/c1-18-9-5-14-19(2)7-4-8-20(3,16(25)26)13(19)6-10-21(14,12-18)11-15(18)23-24-17(22)27/h13-14H,4-12H2,1-3H3,(H,25,26)(H3,22,24,27)/p-1/b23-15+/t13-,14-,18-,19+,20+,21-/m0/s1. The summed E-state index contributed by atoms with van der Waals surface area (Å²) in [5.41, 5.74) is 8.29. The molecular formula is C21H32N3O3-. The number of nitrogens with zero attached hydrogens (tertiary/aromatic N) is 1. The van der Waals surface area contributed by atoms with Gasteiger partial charge in [-0.2, -0.15) is 5.10 Å². The van der Waals surface area contributed by atoms with Gasteiger partial charge in [-0.1, -0.05) is 27.2 Å². The molecule has 4 rings (SSSR count). The van der Waals surface area contributed by atoms with E-state index in [4.69, 9.17) is 5.73 Å². The van der Waals surface area contributed by atoms with Crippen molar-refractivity contribution >= 4 is 17.7 Å². The first kappa shape index (κ1) is 18.8. The lowest BCUT2D eigenvalue weighted by atomic mass is 9.40. The average Bonchev–Trinajstić information content (AvgIpc) is 2.77. The summed E-state index contributed by atoms with van der Waals surface area (Å²) in [7, 11) is 0. The molecule has 0 aromatic carbocycles. The van der Waals surface area contributed by atoms with Gasteiger partial charge < -0.3 is 15.6 Å². The van der Waals surface area contributed by atoms with Crippen LogP contribution in [0.5, 0.6) is 0 Å². The number of primary amides is 1. The summed E-state index contributed by atoms with van der Waals surface area (Å²) < 4.78 is 0. The third-order valence-electron chi connectivity index (χ3n) is 9.15. The van der Waals surface area contributed by atoms with Crippen LogP contribution in [0.2, 0.25) is 0 Å². The van der Waals surface area contributed by atoms with E-state index in [1.54, 1.807) is 0 Å². The monoisotopic (exact) mass is 374 g/mol.